The van der Waals surface area contributed by atoms with Crippen LogP contribution in [-0.2, 0) is 4.79 Å². The van der Waals surface area contributed by atoms with E-state index in [4.69, 9.17) is 5.11 Å². The molecule has 0 aliphatic carbocycles. The number of nitrogens with zero attached hydrogens (tertiary/aromatic N) is 1. The molecule has 24 heavy (non-hydrogen) atoms. The Kier molecular flexibility index (Phi) is 4.63. The van der Waals surface area contributed by atoms with Crippen molar-refractivity contribution in [2.75, 3.05) is 18.4 Å². The van der Waals surface area contributed by atoms with Crippen LogP contribution in [0.25, 0.3) is 0 Å². The summed E-state index contributed by atoms with van der Waals surface area (Å²) in [4.78, 5) is 23.3. The van der Waals surface area contributed by atoms with Gasteiger partial charge in [-0.3, -0.25) is 4.79 Å². The minimum absolute atomic E-state index is 0.524. The maximum Gasteiger partial charge on any atom is 0.394 e. The number of aliphatic carboxylic acids is 1. The van der Waals surface area contributed by atoms with Gasteiger partial charge in [0, 0.05) is 13.1 Å². The third-order valence-electron chi connectivity index (χ3n) is 3.62. The largest absolute Gasteiger partial charge is 0.481 e. The molecule has 1 heterocycles. The molecule has 132 valence electrons. The van der Waals surface area contributed by atoms with Crippen molar-refractivity contribution in [3.8, 4) is 0 Å². The maximum absolute atomic E-state index is 13.5. The average Bonchev–Trinajstić information content (AvgIpc) is 2.93. The minimum Gasteiger partial charge on any atom is -0.481 e. The van der Waals surface area contributed by atoms with E-state index in [1.54, 1.807) is 5.32 Å². The lowest BCUT2D eigenvalue weighted by Crippen LogP contribution is -2.35. The first-order valence-electron chi connectivity index (χ1n) is 6.51. The predicted octanol–water partition coefficient (Wildman–Crippen LogP) is 2.83. The van der Waals surface area contributed by atoms with Gasteiger partial charge in [0.25, 0.3) is 0 Å². The molecule has 1 fully saturated rings. The molecule has 1 aromatic rings. The molecule has 1 aliphatic rings. The van der Waals surface area contributed by atoms with E-state index in [2.05, 4.69) is 0 Å². The van der Waals surface area contributed by atoms with Crippen molar-refractivity contribution >= 4 is 17.7 Å². The molecule has 0 aromatic heterocycles. The van der Waals surface area contributed by atoms with Crippen LogP contribution in [0.5, 0.6) is 0 Å². The second-order valence-corrected chi connectivity index (χ2v) is 5.15. The van der Waals surface area contributed by atoms with E-state index in [0.29, 0.717) is 17.0 Å². The number of halogens is 6. The van der Waals surface area contributed by atoms with Crippen LogP contribution in [0, 0.1) is 29.3 Å². The molecule has 1 aliphatic heterocycles. The number of carbonyl (C=O) groups is 2. The normalized spacial score (nSPS) is 21.0. The van der Waals surface area contributed by atoms with Gasteiger partial charge in [-0.15, -0.1) is 0 Å². The van der Waals surface area contributed by atoms with E-state index in [-0.39, 0.29) is 0 Å². The fourth-order valence-corrected chi connectivity index (χ4v) is 2.37. The summed E-state index contributed by atoms with van der Waals surface area (Å²) in [5.74, 6) is -11.0. The Morgan fingerprint density at radius 3 is 2.25 bits per heavy atom. The molecule has 0 bridgehead atoms. The van der Waals surface area contributed by atoms with Crippen LogP contribution < -0.4 is 5.32 Å². The standard InChI is InChI=1S/C13H10F6N2O3/c14-7-1-2-8(10(16)9(7)15)20-12(24)21-3-5(11(22)23)6(4-21)13(17,18)19/h1-2,5-6H,3-4H2,(H,20,24)(H,22,23)/t5-,6-/m1/s1. The predicted molar refractivity (Wildman–Crippen MR) is 67.6 cm³/mol. The molecular weight excluding hydrogens is 346 g/mol. The monoisotopic (exact) mass is 356 g/mol. The van der Waals surface area contributed by atoms with Gasteiger partial charge >= 0.3 is 18.2 Å². The summed E-state index contributed by atoms with van der Waals surface area (Å²) in [6.07, 6.45) is -4.84. The molecule has 2 atom stereocenters. The number of carboxylic acids is 1. The number of likely N-dealkylation sites (tertiary alicyclic amines) is 1. The third-order valence-corrected chi connectivity index (χ3v) is 3.62. The van der Waals surface area contributed by atoms with Gasteiger partial charge in [-0.25, -0.2) is 18.0 Å². The molecule has 11 heteroatoms. The van der Waals surface area contributed by atoms with Crippen LogP contribution in [0.15, 0.2) is 12.1 Å². The van der Waals surface area contributed by atoms with Crippen LogP contribution in [0.2, 0.25) is 0 Å². The van der Waals surface area contributed by atoms with E-state index in [9.17, 15) is 35.9 Å². The molecule has 0 spiro atoms. The number of carboxylic acid groups (broad SMARTS) is 1. The number of nitrogens with one attached hydrogen (secondary N) is 1. The first-order chi connectivity index (χ1) is 11.0. The third kappa shape index (κ3) is 3.39. The van der Waals surface area contributed by atoms with Crippen molar-refractivity contribution in [2.45, 2.75) is 6.18 Å². The zero-order chi connectivity index (χ0) is 18.2. The van der Waals surface area contributed by atoms with Crippen LogP contribution in [-0.4, -0.2) is 41.3 Å². The second kappa shape index (κ2) is 6.21. The smallest absolute Gasteiger partial charge is 0.394 e. The number of benzene rings is 1. The number of amides is 2. The molecule has 2 amide bonds. The Labute approximate surface area is 130 Å². The number of rotatable bonds is 2. The van der Waals surface area contributed by atoms with Gasteiger partial charge in [0.1, 0.15) is 0 Å². The molecule has 0 radical (unpaired) electrons. The summed E-state index contributed by atoms with van der Waals surface area (Å²) in [5, 5.41) is 10.6. The Morgan fingerprint density at radius 2 is 1.75 bits per heavy atom. The molecule has 0 unspecified atom stereocenters. The number of alkyl halides is 3. The molecule has 0 saturated carbocycles. The Balaban J connectivity index is 2.17. The Hall–Kier alpha value is -2.46. The van der Waals surface area contributed by atoms with E-state index in [0.717, 1.165) is 0 Å². The number of anilines is 1. The summed E-state index contributed by atoms with van der Waals surface area (Å²) in [7, 11) is 0. The number of urea groups is 1. The number of hydrogen-bond donors (Lipinski definition) is 2. The van der Waals surface area contributed by atoms with E-state index in [1.165, 1.54) is 0 Å². The highest BCUT2D eigenvalue weighted by Crippen LogP contribution is 2.38. The SMILES string of the molecule is O=C(O)[C@@H]1CN(C(=O)Nc2ccc(F)c(F)c2F)C[C@H]1C(F)(F)F. The number of carbonyl (C=O) groups excluding carboxylic acids is 1. The fourth-order valence-electron chi connectivity index (χ4n) is 2.37. The van der Waals surface area contributed by atoms with Crippen LogP contribution >= 0.6 is 0 Å². The van der Waals surface area contributed by atoms with Gasteiger partial charge in [-0.2, -0.15) is 13.2 Å². The van der Waals surface area contributed by atoms with Crippen molar-refractivity contribution in [1.82, 2.24) is 4.90 Å². The minimum atomic E-state index is -4.84. The van der Waals surface area contributed by atoms with Gasteiger partial charge in [-0.1, -0.05) is 0 Å². The summed E-state index contributed by atoms with van der Waals surface area (Å²) in [6.45, 7) is -1.70. The lowest BCUT2D eigenvalue weighted by molar-refractivity contribution is -0.187. The fraction of sp³-hybridized carbons (Fsp3) is 0.385. The zero-order valence-electron chi connectivity index (χ0n) is 11.7. The van der Waals surface area contributed by atoms with E-state index in [1.807, 2.05) is 0 Å². The van der Waals surface area contributed by atoms with Gasteiger partial charge < -0.3 is 15.3 Å². The molecule has 2 rings (SSSR count). The lowest BCUT2D eigenvalue weighted by atomic mass is 9.96. The molecule has 1 saturated heterocycles. The highest BCUT2D eigenvalue weighted by molar-refractivity contribution is 5.90. The maximum atomic E-state index is 13.5. The first kappa shape index (κ1) is 17.9. The summed E-state index contributed by atoms with van der Waals surface area (Å²) in [5.41, 5.74) is -0.777. The summed E-state index contributed by atoms with van der Waals surface area (Å²) in [6, 6.07) is -0.0355. The highest BCUT2D eigenvalue weighted by Gasteiger charge is 2.53. The van der Waals surface area contributed by atoms with Gasteiger partial charge in [0.05, 0.1) is 17.5 Å². The average molecular weight is 356 g/mol. The first-order valence-corrected chi connectivity index (χ1v) is 6.51. The lowest BCUT2D eigenvalue weighted by Gasteiger charge is -2.19. The van der Waals surface area contributed by atoms with Crippen LogP contribution in [0.3, 0.4) is 0 Å². The summed E-state index contributed by atoms with van der Waals surface area (Å²) < 4.78 is 77.8. The summed E-state index contributed by atoms with van der Waals surface area (Å²) >= 11 is 0. The van der Waals surface area contributed by atoms with Crippen molar-refractivity contribution in [1.29, 1.82) is 0 Å². The van der Waals surface area contributed by atoms with E-state index >= 15 is 0 Å². The van der Waals surface area contributed by atoms with Crippen molar-refractivity contribution < 1.29 is 41.0 Å². The van der Waals surface area contributed by atoms with Gasteiger partial charge in [0.2, 0.25) is 0 Å². The zero-order valence-corrected chi connectivity index (χ0v) is 11.7. The van der Waals surface area contributed by atoms with Crippen LogP contribution in [0.4, 0.5) is 36.8 Å². The van der Waals surface area contributed by atoms with Crippen LogP contribution in [0.1, 0.15) is 0 Å². The molecule has 5 nitrogen and oxygen atoms in total. The molecule has 1 aromatic carbocycles. The van der Waals surface area contributed by atoms with Crippen molar-refractivity contribution in [3.05, 3.63) is 29.6 Å². The second-order valence-electron chi connectivity index (χ2n) is 5.15. The number of hydrogen-bond acceptors (Lipinski definition) is 2. The van der Waals surface area contributed by atoms with Crippen molar-refractivity contribution in [2.24, 2.45) is 11.8 Å². The van der Waals surface area contributed by atoms with Gasteiger partial charge in [-0.05, 0) is 12.1 Å². The molecular formula is C13H10F6N2O3. The highest BCUT2D eigenvalue weighted by atomic mass is 19.4. The quantitative estimate of drug-likeness (QED) is 0.632. The molecule has 2 N–H and O–H groups in total. The van der Waals surface area contributed by atoms with Gasteiger partial charge in [0.15, 0.2) is 17.5 Å². The van der Waals surface area contributed by atoms with Crippen molar-refractivity contribution in [3.63, 3.8) is 0 Å². The topological polar surface area (TPSA) is 69.6 Å². The Bertz CT molecular complexity index is 678. The Morgan fingerprint density at radius 1 is 1.12 bits per heavy atom. The van der Waals surface area contributed by atoms with E-state index < -0.39 is 66.2 Å².